The number of carboxylic acids is 1. The second kappa shape index (κ2) is 3.66. The van der Waals surface area contributed by atoms with Crippen molar-refractivity contribution in [3.8, 4) is 0 Å². The molecule has 14 heavy (non-hydrogen) atoms. The van der Waals surface area contributed by atoms with Gasteiger partial charge in [-0.2, -0.15) is 0 Å². The van der Waals surface area contributed by atoms with Gasteiger partial charge in [-0.25, -0.2) is 4.79 Å². The van der Waals surface area contributed by atoms with Crippen LogP contribution in [0.2, 0.25) is 0 Å². The molecule has 1 aliphatic rings. The summed E-state index contributed by atoms with van der Waals surface area (Å²) in [4.78, 5) is 10.7. The van der Waals surface area contributed by atoms with Crippen LogP contribution in [-0.4, -0.2) is 11.1 Å². The molecular formula is C12H12O2. The zero-order chi connectivity index (χ0) is 9.97. The first-order valence-electron chi connectivity index (χ1n) is 4.76. The van der Waals surface area contributed by atoms with E-state index in [1.807, 2.05) is 36.4 Å². The average molecular weight is 188 g/mol. The molecule has 0 amide bonds. The van der Waals surface area contributed by atoms with Crippen molar-refractivity contribution in [1.82, 2.24) is 0 Å². The smallest absolute Gasteiger partial charge is 0.331 e. The number of carboxylic acid groups (broad SMARTS) is 1. The standard InChI is InChI=1S/C12H12O2/c13-12(14)11-7-6-10(8-11)9-4-2-1-3-5-9/h1-5,8,10H,6-7H2,(H,13,14). The maximum Gasteiger partial charge on any atom is 0.331 e. The lowest BCUT2D eigenvalue weighted by atomic mass is 9.99. The van der Waals surface area contributed by atoms with Gasteiger partial charge in [-0.15, -0.1) is 0 Å². The van der Waals surface area contributed by atoms with Gasteiger partial charge in [-0.3, -0.25) is 0 Å². The van der Waals surface area contributed by atoms with Gasteiger partial charge in [-0.1, -0.05) is 36.4 Å². The number of aliphatic carboxylic acids is 1. The first-order chi connectivity index (χ1) is 6.77. The zero-order valence-electron chi connectivity index (χ0n) is 7.81. The molecule has 0 radical (unpaired) electrons. The van der Waals surface area contributed by atoms with E-state index < -0.39 is 5.97 Å². The first-order valence-corrected chi connectivity index (χ1v) is 4.76. The lowest BCUT2D eigenvalue weighted by molar-refractivity contribution is -0.132. The monoisotopic (exact) mass is 188 g/mol. The molecule has 72 valence electrons. The van der Waals surface area contributed by atoms with Crippen LogP contribution in [0, 0.1) is 0 Å². The Balaban J connectivity index is 2.20. The van der Waals surface area contributed by atoms with Gasteiger partial charge in [0.1, 0.15) is 0 Å². The van der Waals surface area contributed by atoms with Gasteiger partial charge in [0, 0.05) is 11.5 Å². The van der Waals surface area contributed by atoms with E-state index >= 15 is 0 Å². The van der Waals surface area contributed by atoms with E-state index in [1.165, 1.54) is 5.56 Å². The molecule has 0 heterocycles. The third-order valence-electron chi connectivity index (χ3n) is 2.63. The summed E-state index contributed by atoms with van der Waals surface area (Å²) >= 11 is 0. The van der Waals surface area contributed by atoms with Crippen molar-refractivity contribution in [3.63, 3.8) is 0 Å². The van der Waals surface area contributed by atoms with Crippen LogP contribution in [0.5, 0.6) is 0 Å². The van der Waals surface area contributed by atoms with E-state index in [9.17, 15) is 4.79 Å². The maximum atomic E-state index is 10.7. The molecule has 0 bridgehead atoms. The van der Waals surface area contributed by atoms with E-state index in [0.717, 1.165) is 6.42 Å². The summed E-state index contributed by atoms with van der Waals surface area (Å²) < 4.78 is 0. The summed E-state index contributed by atoms with van der Waals surface area (Å²) in [6.45, 7) is 0. The molecule has 2 rings (SSSR count). The van der Waals surface area contributed by atoms with E-state index in [0.29, 0.717) is 17.9 Å². The predicted octanol–water partition coefficient (Wildman–Crippen LogP) is 2.58. The summed E-state index contributed by atoms with van der Waals surface area (Å²) in [5, 5.41) is 8.81. The van der Waals surface area contributed by atoms with Crippen molar-refractivity contribution in [3.05, 3.63) is 47.5 Å². The van der Waals surface area contributed by atoms with Gasteiger partial charge >= 0.3 is 5.97 Å². The highest BCUT2D eigenvalue weighted by atomic mass is 16.4. The summed E-state index contributed by atoms with van der Waals surface area (Å²) in [5.74, 6) is -0.481. The highest BCUT2D eigenvalue weighted by Crippen LogP contribution is 2.32. The first kappa shape index (κ1) is 9.00. The van der Waals surface area contributed by atoms with Gasteiger partial charge in [-0.05, 0) is 18.4 Å². The molecule has 0 aliphatic heterocycles. The Hall–Kier alpha value is -1.57. The van der Waals surface area contributed by atoms with Crippen LogP contribution in [0.3, 0.4) is 0 Å². The molecule has 2 nitrogen and oxygen atoms in total. The SMILES string of the molecule is O=C(O)C1=CC(c2ccccc2)CC1. The van der Waals surface area contributed by atoms with Crippen molar-refractivity contribution >= 4 is 5.97 Å². The molecule has 0 spiro atoms. The van der Waals surface area contributed by atoms with Crippen LogP contribution in [0.4, 0.5) is 0 Å². The van der Waals surface area contributed by atoms with E-state index in [-0.39, 0.29) is 0 Å². The van der Waals surface area contributed by atoms with Crippen molar-refractivity contribution in [1.29, 1.82) is 0 Å². The number of hydrogen-bond acceptors (Lipinski definition) is 1. The minimum Gasteiger partial charge on any atom is -0.478 e. The van der Waals surface area contributed by atoms with E-state index in [4.69, 9.17) is 5.11 Å². The summed E-state index contributed by atoms with van der Waals surface area (Å²) in [6, 6.07) is 10.0. The van der Waals surface area contributed by atoms with Crippen LogP contribution >= 0.6 is 0 Å². The highest BCUT2D eigenvalue weighted by molar-refractivity contribution is 5.87. The molecule has 1 unspecified atom stereocenters. The van der Waals surface area contributed by atoms with Crippen molar-refractivity contribution in [2.75, 3.05) is 0 Å². The van der Waals surface area contributed by atoms with Crippen LogP contribution in [-0.2, 0) is 4.79 Å². The van der Waals surface area contributed by atoms with E-state index in [1.54, 1.807) is 0 Å². The number of carbonyl (C=O) groups is 1. The maximum absolute atomic E-state index is 10.7. The predicted molar refractivity (Wildman–Crippen MR) is 54.1 cm³/mol. The van der Waals surface area contributed by atoms with Gasteiger partial charge in [0.25, 0.3) is 0 Å². The molecular weight excluding hydrogens is 176 g/mol. The van der Waals surface area contributed by atoms with Gasteiger partial charge in [0.2, 0.25) is 0 Å². The molecule has 1 N–H and O–H groups in total. The molecule has 0 fully saturated rings. The Morgan fingerprint density at radius 2 is 2.00 bits per heavy atom. The summed E-state index contributed by atoms with van der Waals surface area (Å²) in [6.07, 6.45) is 3.48. The quantitative estimate of drug-likeness (QED) is 0.774. The second-order valence-electron chi connectivity index (χ2n) is 3.55. The average Bonchev–Trinajstić information content (AvgIpc) is 2.68. The number of rotatable bonds is 2. The van der Waals surface area contributed by atoms with Gasteiger partial charge in [0.15, 0.2) is 0 Å². The minimum atomic E-state index is -0.775. The number of hydrogen-bond donors (Lipinski definition) is 1. The minimum absolute atomic E-state index is 0.294. The number of benzene rings is 1. The lowest BCUT2D eigenvalue weighted by Crippen LogP contribution is -1.95. The fourth-order valence-corrected chi connectivity index (χ4v) is 1.86. The fourth-order valence-electron chi connectivity index (χ4n) is 1.86. The van der Waals surface area contributed by atoms with Crippen LogP contribution in [0.1, 0.15) is 24.3 Å². The molecule has 2 heteroatoms. The largest absolute Gasteiger partial charge is 0.478 e. The Morgan fingerprint density at radius 1 is 1.29 bits per heavy atom. The molecule has 0 aromatic heterocycles. The normalized spacial score (nSPS) is 20.6. The van der Waals surface area contributed by atoms with Crippen molar-refractivity contribution in [2.45, 2.75) is 18.8 Å². The zero-order valence-corrected chi connectivity index (χ0v) is 7.81. The highest BCUT2D eigenvalue weighted by Gasteiger charge is 2.20. The molecule has 1 aromatic rings. The van der Waals surface area contributed by atoms with Crippen LogP contribution < -0.4 is 0 Å². The second-order valence-corrected chi connectivity index (χ2v) is 3.55. The topological polar surface area (TPSA) is 37.3 Å². The Labute approximate surface area is 82.9 Å². The van der Waals surface area contributed by atoms with Gasteiger partial charge in [0.05, 0.1) is 0 Å². The Morgan fingerprint density at radius 3 is 2.57 bits per heavy atom. The Bertz CT molecular complexity index is 365. The van der Waals surface area contributed by atoms with E-state index in [2.05, 4.69) is 0 Å². The summed E-state index contributed by atoms with van der Waals surface area (Å²) in [5.41, 5.74) is 1.77. The fraction of sp³-hybridized carbons (Fsp3) is 0.250. The molecule has 0 saturated heterocycles. The molecule has 1 aliphatic carbocycles. The number of allylic oxidation sites excluding steroid dienone is 1. The molecule has 1 atom stereocenters. The molecule has 1 aromatic carbocycles. The molecule has 0 saturated carbocycles. The Kier molecular flexibility index (Phi) is 2.35. The third kappa shape index (κ3) is 1.69. The lowest BCUT2D eigenvalue weighted by Gasteiger charge is -2.05. The van der Waals surface area contributed by atoms with Crippen LogP contribution in [0.25, 0.3) is 0 Å². The third-order valence-corrected chi connectivity index (χ3v) is 2.63. The van der Waals surface area contributed by atoms with Crippen molar-refractivity contribution in [2.24, 2.45) is 0 Å². The summed E-state index contributed by atoms with van der Waals surface area (Å²) in [7, 11) is 0. The van der Waals surface area contributed by atoms with Crippen LogP contribution in [0.15, 0.2) is 42.0 Å². The van der Waals surface area contributed by atoms with Gasteiger partial charge < -0.3 is 5.11 Å². The van der Waals surface area contributed by atoms with Crippen molar-refractivity contribution < 1.29 is 9.90 Å².